The molecule has 0 N–H and O–H groups in total. The lowest BCUT2D eigenvalue weighted by Gasteiger charge is -2.32. The van der Waals surface area contributed by atoms with E-state index in [0.717, 1.165) is 6.07 Å². The predicted molar refractivity (Wildman–Crippen MR) is 72.5 cm³/mol. The second-order valence-electron chi connectivity index (χ2n) is 4.78. The zero-order valence-electron chi connectivity index (χ0n) is 11.4. The largest absolute Gasteiger partial charge is 0.361 e. The lowest BCUT2D eigenvalue weighted by atomic mass is 10.1. The molecule has 0 atom stereocenters. The third kappa shape index (κ3) is 3.18. The number of non-ortho nitro benzene ring substituents is 1. The summed E-state index contributed by atoms with van der Waals surface area (Å²) in [5.74, 6) is 0. The molecule has 0 unspecified atom stereocenters. The van der Waals surface area contributed by atoms with Crippen LogP contribution in [0.15, 0.2) is 18.2 Å². The van der Waals surface area contributed by atoms with Crippen LogP contribution in [0, 0.1) is 20.2 Å². The first-order valence-electron chi connectivity index (χ1n) is 5.96. The highest BCUT2D eigenvalue weighted by Crippen LogP contribution is 2.34. The van der Waals surface area contributed by atoms with Gasteiger partial charge in [0.1, 0.15) is 5.69 Å². The molecule has 0 aliphatic carbocycles. The molecule has 1 aromatic carbocycles. The number of rotatable bonds is 5. The predicted octanol–water partition coefficient (Wildman–Crippen LogP) is 3.13. The zero-order valence-corrected chi connectivity index (χ0v) is 11.4. The molecule has 0 bridgehead atoms. The Morgan fingerprint density at radius 1 is 1.00 bits per heavy atom. The molecular weight excluding hydrogens is 250 g/mol. The molecule has 0 amide bonds. The van der Waals surface area contributed by atoms with E-state index in [1.807, 2.05) is 32.6 Å². The Kier molecular flexibility index (Phi) is 4.42. The lowest BCUT2D eigenvalue weighted by molar-refractivity contribution is -0.393. The summed E-state index contributed by atoms with van der Waals surface area (Å²) in [4.78, 5) is 22.4. The van der Waals surface area contributed by atoms with Crippen LogP contribution in [0.5, 0.6) is 0 Å². The first kappa shape index (κ1) is 14.9. The van der Waals surface area contributed by atoms with Gasteiger partial charge in [0.25, 0.3) is 11.4 Å². The summed E-state index contributed by atoms with van der Waals surface area (Å²) in [6.45, 7) is 7.69. The smallest absolute Gasteiger partial charge is 0.299 e. The molecule has 0 aliphatic rings. The maximum atomic E-state index is 11.1. The Bertz CT molecular complexity index is 492. The molecule has 1 rings (SSSR count). The molecule has 0 aromatic heterocycles. The van der Waals surface area contributed by atoms with Crippen LogP contribution >= 0.6 is 0 Å². The fourth-order valence-electron chi connectivity index (χ4n) is 2.14. The summed E-state index contributed by atoms with van der Waals surface area (Å²) < 4.78 is 0. The van der Waals surface area contributed by atoms with Gasteiger partial charge in [-0.1, -0.05) is 0 Å². The Morgan fingerprint density at radius 2 is 1.53 bits per heavy atom. The highest BCUT2D eigenvalue weighted by molar-refractivity contribution is 5.67. The van der Waals surface area contributed by atoms with E-state index in [2.05, 4.69) is 0 Å². The van der Waals surface area contributed by atoms with Gasteiger partial charge in [0.15, 0.2) is 0 Å². The van der Waals surface area contributed by atoms with E-state index in [0.29, 0.717) is 5.69 Å². The monoisotopic (exact) mass is 267 g/mol. The van der Waals surface area contributed by atoms with Crippen LogP contribution in [0.4, 0.5) is 17.1 Å². The van der Waals surface area contributed by atoms with Crippen molar-refractivity contribution >= 4 is 17.1 Å². The van der Waals surface area contributed by atoms with Gasteiger partial charge in [0.2, 0.25) is 0 Å². The molecule has 0 saturated carbocycles. The number of anilines is 1. The molecule has 0 radical (unpaired) electrons. The SMILES string of the molecule is CC(C)N(c1ccc([N+](=O)[O-])cc1[N+](=O)[O-])C(C)C. The zero-order chi connectivity index (χ0) is 14.7. The van der Waals surface area contributed by atoms with Crippen molar-refractivity contribution in [2.24, 2.45) is 0 Å². The Morgan fingerprint density at radius 3 is 1.89 bits per heavy atom. The molecular formula is C12H17N3O4. The molecule has 0 saturated heterocycles. The molecule has 7 nitrogen and oxygen atoms in total. The first-order valence-corrected chi connectivity index (χ1v) is 5.96. The minimum atomic E-state index is -0.633. The van der Waals surface area contributed by atoms with Gasteiger partial charge in [-0.25, -0.2) is 0 Å². The second-order valence-corrected chi connectivity index (χ2v) is 4.78. The van der Waals surface area contributed by atoms with Crippen molar-refractivity contribution in [2.75, 3.05) is 4.90 Å². The van der Waals surface area contributed by atoms with Crippen LogP contribution in [-0.2, 0) is 0 Å². The van der Waals surface area contributed by atoms with Crippen molar-refractivity contribution in [3.63, 3.8) is 0 Å². The van der Waals surface area contributed by atoms with Crippen molar-refractivity contribution in [2.45, 2.75) is 39.8 Å². The molecule has 104 valence electrons. The van der Waals surface area contributed by atoms with Crippen LogP contribution in [0.25, 0.3) is 0 Å². The van der Waals surface area contributed by atoms with Gasteiger partial charge in [-0.3, -0.25) is 20.2 Å². The van der Waals surface area contributed by atoms with Gasteiger partial charge >= 0.3 is 0 Å². The van der Waals surface area contributed by atoms with Crippen molar-refractivity contribution in [1.29, 1.82) is 0 Å². The van der Waals surface area contributed by atoms with Gasteiger partial charge in [0.05, 0.1) is 15.9 Å². The molecule has 19 heavy (non-hydrogen) atoms. The van der Waals surface area contributed by atoms with Gasteiger partial charge in [-0.2, -0.15) is 0 Å². The van der Waals surface area contributed by atoms with Crippen molar-refractivity contribution < 1.29 is 9.85 Å². The third-order valence-electron chi connectivity index (χ3n) is 2.76. The molecule has 0 spiro atoms. The number of nitrogens with zero attached hydrogens (tertiary/aromatic N) is 3. The summed E-state index contributed by atoms with van der Waals surface area (Å²) in [7, 11) is 0. The van der Waals surface area contributed by atoms with Crippen LogP contribution < -0.4 is 4.90 Å². The van der Waals surface area contributed by atoms with Gasteiger partial charge < -0.3 is 4.90 Å². The van der Waals surface area contributed by atoms with Crippen LogP contribution in [0.1, 0.15) is 27.7 Å². The van der Waals surface area contributed by atoms with Crippen molar-refractivity contribution in [1.82, 2.24) is 0 Å². The van der Waals surface area contributed by atoms with Gasteiger partial charge in [-0.15, -0.1) is 0 Å². The topological polar surface area (TPSA) is 89.5 Å². The molecule has 1 aromatic rings. The first-order chi connectivity index (χ1) is 8.75. The highest BCUT2D eigenvalue weighted by atomic mass is 16.6. The maximum Gasteiger partial charge on any atom is 0.299 e. The average Bonchev–Trinajstić information content (AvgIpc) is 2.27. The van der Waals surface area contributed by atoms with Gasteiger partial charge in [-0.05, 0) is 33.8 Å². The minimum Gasteiger partial charge on any atom is -0.361 e. The number of nitro groups is 2. The van der Waals surface area contributed by atoms with Crippen LogP contribution in [-0.4, -0.2) is 21.9 Å². The average molecular weight is 267 g/mol. The van der Waals surface area contributed by atoms with E-state index in [1.165, 1.54) is 12.1 Å². The van der Waals surface area contributed by atoms with E-state index in [4.69, 9.17) is 0 Å². The quantitative estimate of drug-likeness (QED) is 0.604. The molecule has 0 fully saturated rings. The number of hydrogen-bond donors (Lipinski definition) is 0. The fourth-order valence-corrected chi connectivity index (χ4v) is 2.14. The number of benzene rings is 1. The molecule has 0 heterocycles. The molecule has 7 heteroatoms. The lowest BCUT2D eigenvalue weighted by Crippen LogP contribution is -2.37. The second kappa shape index (κ2) is 5.64. The fraction of sp³-hybridized carbons (Fsp3) is 0.500. The van der Waals surface area contributed by atoms with Crippen molar-refractivity contribution in [3.8, 4) is 0 Å². The van der Waals surface area contributed by atoms with Gasteiger partial charge in [0, 0.05) is 18.2 Å². The van der Waals surface area contributed by atoms with E-state index in [1.54, 1.807) is 0 Å². The summed E-state index contributed by atoms with van der Waals surface area (Å²) in [5, 5.41) is 21.8. The summed E-state index contributed by atoms with van der Waals surface area (Å²) in [6.07, 6.45) is 0. The van der Waals surface area contributed by atoms with Crippen molar-refractivity contribution in [3.05, 3.63) is 38.4 Å². The molecule has 0 aliphatic heterocycles. The standard InChI is InChI=1S/C12H17N3O4/c1-8(2)13(9(3)4)11-6-5-10(14(16)17)7-12(11)15(18)19/h5-9H,1-4H3. The Hall–Kier alpha value is -2.18. The summed E-state index contributed by atoms with van der Waals surface area (Å²) >= 11 is 0. The van der Waals surface area contributed by atoms with E-state index in [-0.39, 0.29) is 23.5 Å². The Balaban J connectivity index is 3.41. The summed E-state index contributed by atoms with van der Waals surface area (Å²) in [6, 6.07) is 3.85. The number of nitro benzene ring substituents is 2. The van der Waals surface area contributed by atoms with E-state index in [9.17, 15) is 20.2 Å². The highest BCUT2D eigenvalue weighted by Gasteiger charge is 2.26. The Labute approximate surface area is 111 Å². The normalized spacial score (nSPS) is 10.8. The summed E-state index contributed by atoms with van der Waals surface area (Å²) in [5.41, 5.74) is -0.111. The van der Waals surface area contributed by atoms with Crippen LogP contribution in [0.2, 0.25) is 0 Å². The third-order valence-corrected chi connectivity index (χ3v) is 2.76. The van der Waals surface area contributed by atoms with E-state index < -0.39 is 9.85 Å². The maximum absolute atomic E-state index is 11.1. The number of hydrogen-bond acceptors (Lipinski definition) is 5. The van der Waals surface area contributed by atoms with Crippen LogP contribution in [0.3, 0.4) is 0 Å². The van der Waals surface area contributed by atoms with E-state index >= 15 is 0 Å². The minimum absolute atomic E-state index is 0.0557.